The Morgan fingerprint density at radius 3 is 2.63 bits per heavy atom. The highest BCUT2D eigenvalue weighted by molar-refractivity contribution is 4.96. The van der Waals surface area contributed by atoms with Gasteiger partial charge in [0.05, 0.1) is 12.7 Å². The van der Waals surface area contributed by atoms with Crippen LogP contribution in [0.15, 0.2) is 0 Å². The number of rotatable bonds is 5. The van der Waals surface area contributed by atoms with Crippen LogP contribution in [0.5, 0.6) is 0 Å². The van der Waals surface area contributed by atoms with E-state index in [0.717, 1.165) is 45.4 Å². The molecule has 0 radical (unpaired) electrons. The quantitative estimate of drug-likeness (QED) is 0.792. The summed E-state index contributed by atoms with van der Waals surface area (Å²) in [5, 5.41) is 13.0. The standard InChI is InChI=1S/C15H30N2O2/c1-3-19-14-6-9-17(10-7-14)13-5-4-8-15(11-13,12-18)16-2/h13-14,16,18H,3-12H2,1-2H3. The van der Waals surface area contributed by atoms with Crippen molar-refractivity contribution in [2.75, 3.05) is 33.4 Å². The molecule has 0 aromatic rings. The van der Waals surface area contributed by atoms with Gasteiger partial charge < -0.3 is 20.1 Å². The van der Waals surface area contributed by atoms with Crippen LogP contribution < -0.4 is 5.32 Å². The lowest BCUT2D eigenvalue weighted by molar-refractivity contribution is -0.0110. The second kappa shape index (κ2) is 7.02. The molecule has 0 aromatic carbocycles. The number of nitrogens with zero attached hydrogens (tertiary/aromatic N) is 1. The highest BCUT2D eigenvalue weighted by Gasteiger charge is 2.37. The number of likely N-dealkylation sites (tertiary alicyclic amines) is 1. The second-order valence-corrected chi connectivity index (χ2v) is 6.13. The molecule has 2 N–H and O–H groups in total. The van der Waals surface area contributed by atoms with Gasteiger partial charge in [-0.1, -0.05) is 0 Å². The Bertz CT molecular complexity index is 261. The van der Waals surface area contributed by atoms with E-state index in [0.29, 0.717) is 12.1 Å². The number of likely N-dealkylation sites (N-methyl/N-ethyl adjacent to an activating group) is 1. The number of ether oxygens (including phenoxy) is 1. The molecule has 0 spiro atoms. The van der Waals surface area contributed by atoms with E-state index in [1.807, 2.05) is 7.05 Å². The number of hydrogen-bond acceptors (Lipinski definition) is 4. The molecule has 0 bridgehead atoms. The van der Waals surface area contributed by atoms with Gasteiger partial charge in [-0.3, -0.25) is 0 Å². The summed E-state index contributed by atoms with van der Waals surface area (Å²) >= 11 is 0. The zero-order valence-electron chi connectivity index (χ0n) is 12.5. The van der Waals surface area contributed by atoms with Gasteiger partial charge in [-0.05, 0) is 52.5 Å². The lowest BCUT2D eigenvalue weighted by Crippen LogP contribution is -2.55. The molecule has 2 unspecified atom stereocenters. The Labute approximate surface area is 117 Å². The minimum Gasteiger partial charge on any atom is -0.394 e. The smallest absolute Gasteiger partial charge is 0.0613 e. The molecule has 1 saturated carbocycles. The van der Waals surface area contributed by atoms with Gasteiger partial charge in [-0.2, -0.15) is 0 Å². The first-order valence-corrected chi connectivity index (χ1v) is 7.88. The van der Waals surface area contributed by atoms with Crippen LogP contribution in [0.25, 0.3) is 0 Å². The summed E-state index contributed by atoms with van der Waals surface area (Å²) < 4.78 is 5.72. The maximum Gasteiger partial charge on any atom is 0.0613 e. The van der Waals surface area contributed by atoms with Crippen molar-refractivity contribution in [3.8, 4) is 0 Å². The fraction of sp³-hybridized carbons (Fsp3) is 1.00. The van der Waals surface area contributed by atoms with Crippen molar-refractivity contribution >= 4 is 0 Å². The molecular formula is C15H30N2O2. The predicted molar refractivity (Wildman–Crippen MR) is 77.4 cm³/mol. The van der Waals surface area contributed by atoms with E-state index in [4.69, 9.17) is 4.74 Å². The van der Waals surface area contributed by atoms with Crippen LogP contribution in [-0.2, 0) is 4.74 Å². The highest BCUT2D eigenvalue weighted by atomic mass is 16.5. The lowest BCUT2D eigenvalue weighted by atomic mass is 9.78. The van der Waals surface area contributed by atoms with Crippen molar-refractivity contribution in [3.05, 3.63) is 0 Å². The molecular weight excluding hydrogens is 240 g/mol. The first-order valence-electron chi connectivity index (χ1n) is 7.88. The van der Waals surface area contributed by atoms with Crippen molar-refractivity contribution in [3.63, 3.8) is 0 Å². The summed E-state index contributed by atoms with van der Waals surface area (Å²) in [6.07, 6.45) is 7.48. The van der Waals surface area contributed by atoms with Crippen LogP contribution in [0.4, 0.5) is 0 Å². The SMILES string of the molecule is CCOC1CCN(C2CCCC(CO)(NC)C2)CC1. The van der Waals surface area contributed by atoms with E-state index >= 15 is 0 Å². The van der Waals surface area contributed by atoms with Crippen molar-refractivity contribution in [1.82, 2.24) is 10.2 Å². The number of piperidine rings is 1. The van der Waals surface area contributed by atoms with Crippen LogP contribution in [0.1, 0.15) is 45.4 Å². The van der Waals surface area contributed by atoms with E-state index in [1.54, 1.807) is 0 Å². The molecule has 2 atom stereocenters. The summed E-state index contributed by atoms with van der Waals surface area (Å²) in [4.78, 5) is 2.62. The fourth-order valence-electron chi connectivity index (χ4n) is 3.74. The number of nitrogens with one attached hydrogen (secondary N) is 1. The minimum atomic E-state index is -0.0420. The zero-order chi connectivity index (χ0) is 13.7. The molecule has 4 nitrogen and oxygen atoms in total. The Morgan fingerprint density at radius 1 is 1.32 bits per heavy atom. The molecule has 2 fully saturated rings. The van der Waals surface area contributed by atoms with Gasteiger partial charge >= 0.3 is 0 Å². The monoisotopic (exact) mass is 270 g/mol. The van der Waals surface area contributed by atoms with Crippen LogP contribution in [0.2, 0.25) is 0 Å². The van der Waals surface area contributed by atoms with E-state index in [2.05, 4.69) is 17.1 Å². The minimum absolute atomic E-state index is 0.0420. The Kier molecular flexibility index (Phi) is 5.63. The zero-order valence-corrected chi connectivity index (χ0v) is 12.5. The third-order valence-electron chi connectivity index (χ3n) is 5.05. The van der Waals surface area contributed by atoms with E-state index in [9.17, 15) is 5.11 Å². The van der Waals surface area contributed by atoms with Crippen molar-refractivity contribution < 1.29 is 9.84 Å². The molecule has 4 heteroatoms. The van der Waals surface area contributed by atoms with Crippen LogP contribution in [-0.4, -0.2) is 61.0 Å². The molecule has 1 heterocycles. The largest absolute Gasteiger partial charge is 0.394 e. The molecule has 1 aliphatic heterocycles. The number of aliphatic hydroxyl groups excluding tert-OH is 1. The fourth-order valence-corrected chi connectivity index (χ4v) is 3.74. The number of hydrogen-bond donors (Lipinski definition) is 2. The Morgan fingerprint density at radius 2 is 2.05 bits per heavy atom. The summed E-state index contributed by atoms with van der Waals surface area (Å²) in [5.41, 5.74) is -0.0420. The van der Waals surface area contributed by atoms with E-state index in [-0.39, 0.29) is 12.1 Å². The first-order chi connectivity index (χ1) is 9.23. The molecule has 2 rings (SSSR count). The van der Waals surface area contributed by atoms with Crippen LogP contribution in [0, 0.1) is 0 Å². The summed E-state index contributed by atoms with van der Waals surface area (Å²) in [6, 6.07) is 0.635. The topological polar surface area (TPSA) is 44.7 Å². The van der Waals surface area contributed by atoms with Crippen molar-refractivity contribution in [1.29, 1.82) is 0 Å². The molecule has 2 aliphatic rings. The van der Waals surface area contributed by atoms with Gasteiger partial charge in [0, 0.05) is 31.3 Å². The van der Waals surface area contributed by atoms with Gasteiger partial charge in [-0.25, -0.2) is 0 Å². The first kappa shape index (κ1) is 15.2. The Hall–Kier alpha value is -0.160. The van der Waals surface area contributed by atoms with Gasteiger partial charge in [0.1, 0.15) is 0 Å². The van der Waals surface area contributed by atoms with Crippen LogP contribution in [0.3, 0.4) is 0 Å². The van der Waals surface area contributed by atoms with Gasteiger partial charge in [0.2, 0.25) is 0 Å². The lowest BCUT2D eigenvalue weighted by Gasteiger charge is -2.45. The van der Waals surface area contributed by atoms with Crippen molar-refractivity contribution in [2.45, 2.75) is 63.1 Å². The molecule has 19 heavy (non-hydrogen) atoms. The molecule has 0 amide bonds. The maximum absolute atomic E-state index is 9.67. The van der Waals surface area contributed by atoms with E-state index < -0.39 is 0 Å². The average molecular weight is 270 g/mol. The number of aliphatic hydroxyl groups is 1. The van der Waals surface area contributed by atoms with Crippen molar-refractivity contribution in [2.24, 2.45) is 0 Å². The molecule has 0 aromatic heterocycles. The van der Waals surface area contributed by atoms with Gasteiger partial charge in [-0.15, -0.1) is 0 Å². The molecule has 1 aliphatic carbocycles. The second-order valence-electron chi connectivity index (χ2n) is 6.13. The average Bonchev–Trinajstić information content (AvgIpc) is 2.48. The third kappa shape index (κ3) is 3.69. The van der Waals surface area contributed by atoms with Gasteiger partial charge in [0.25, 0.3) is 0 Å². The van der Waals surface area contributed by atoms with Crippen LogP contribution >= 0.6 is 0 Å². The Balaban J connectivity index is 1.85. The maximum atomic E-state index is 9.67. The highest BCUT2D eigenvalue weighted by Crippen LogP contribution is 2.32. The third-order valence-corrected chi connectivity index (χ3v) is 5.05. The molecule has 1 saturated heterocycles. The predicted octanol–water partition coefficient (Wildman–Crippen LogP) is 1.38. The molecule has 112 valence electrons. The summed E-state index contributed by atoms with van der Waals surface area (Å²) in [6.45, 7) is 5.48. The van der Waals surface area contributed by atoms with Gasteiger partial charge in [0.15, 0.2) is 0 Å². The normalized spacial score (nSPS) is 34.6. The summed E-state index contributed by atoms with van der Waals surface area (Å²) in [5.74, 6) is 0. The van der Waals surface area contributed by atoms with E-state index in [1.165, 1.54) is 12.8 Å². The summed E-state index contributed by atoms with van der Waals surface area (Å²) in [7, 11) is 1.99.